The first kappa shape index (κ1) is 14.8. The summed E-state index contributed by atoms with van der Waals surface area (Å²) in [5, 5.41) is 4.51. The molecule has 0 bridgehead atoms. The molecule has 0 amide bonds. The summed E-state index contributed by atoms with van der Waals surface area (Å²) in [4.78, 5) is 3.66. The summed E-state index contributed by atoms with van der Waals surface area (Å²) in [6.07, 6.45) is 1.38. The van der Waals surface area contributed by atoms with Gasteiger partial charge in [-0.05, 0) is 18.6 Å². The van der Waals surface area contributed by atoms with Crippen LogP contribution in [0.5, 0.6) is 0 Å². The first-order valence-electron chi connectivity index (χ1n) is 4.93. The number of aromatic nitrogens is 1. The minimum absolute atomic E-state index is 0.0245. The molecule has 0 unspecified atom stereocenters. The number of sulfonamides is 2. The summed E-state index contributed by atoms with van der Waals surface area (Å²) in [5.74, 6) is -0.298. The third-order valence-electron chi connectivity index (χ3n) is 1.95. The van der Waals surface area contributed by atoms with Crippen LogP contribution in [0, 0.1) is 0 Å². The fraction of sp³-hybridized carbons (Fsp3) is 0.375. The van der Waals surface area contributed by atoms with Gasteiger partial charge in [-0.2, -0.15) is 0 Å². The molecule has 0 atom stereocenters. The molecule has 5 N–H and O–H groups in total. The lowest BCUT2D eigenvalue weighted by Crippen LogP contribution is -2.28. The van der Waals surface area contributed by atoms with Gasteiger partial charge in [-0.1, -0.05) is 0 Å². The third-order valence-corrected chi connectivity index (χ3v) is 4.24. The molecule has 0 radical (unpaired) electrons. The van der Waals surface area contributed by atoms with Gasteiger partial charge in [0.05, 0.1) is 11.4 Å². The van der Waals surface area contributed by atoms with Crippen molar-refractivity contribution in [3.8, 4) is 0 Å². The van der Waals surface area contributed by atoms with Crippen molar-refractivity contribution in [3.63, 3.8) is 0 Å². The molecule has 1 aromatic heterocycles. The van der Waals surface area contributed by atoms with Gasteiger partial charge < -0.3 is 5.73 Å². The van der Waals surface area contributed by atoms with Crippen LogP contribution in [-0.4, -0.2) is 34.1 Å². The monoisotopic (exact) mass is 294 g/mol. The number of rotatable bonds is 6. The maximum Gasteiger partial charge on any atom is 0.260 e. The highest BCUT2D eigenvalue weighted by Gasteiger charge is 2.18. The number of anilines is 1. The van der Waals surface area contributed by atoms with Gasteiger partial charge in [-0.15, -0.1) is 0 Å². The van der Waals surface area contributed by atoms with Crippen LogP contribution in [0.3, 0.4) is 0 Å². The number of nitrogens with two attached hydrogens (primary N) is 2. The Morgan fingerprint density at radius 1 is 1.28 bits per heavy atom. The zero-order chi connectivity index (χ0) is 13.8. The molecule has 0 aliphatic heterocycles. The number of hydrogen-bond acceptors (Lipinski definition) is 6. The van der Waals surface area contributed by atoms with Gasteiger partial charge in [0.1, 0.15) is 0 Å². The summed E-state index contributed by atoms with van der Waals surface area (Å²) in [5.41, 5.74) is 5.51. The van der Waals surface area contributed by atoms with Gasteiger partial charge in [-0.25, -0.2) is 31.7 Å². The second-order valence-electron chi connectivity index (χ2n) is 3.52. The lowest BCUT2D eigenvalue weighted by atomic mass is 10.4. The first-order chi connectivity index (χ1) is 8.22. The van der Waals surface area contributed by atoms with Crippen molar-refractivity contribution in [2.45, 2.75) is 11.4 Å². The van der Waals surface area contributed by atoms with E-state index in [2.05, 4.69) is 9.71 Å². The van der Waals surface area contributed by atoms with Gasteiger partial charge in [0.15, 0.2) is 5.03 Å². The molecule has 8 nitrogen and oxygen atoms in total. The van der Waals surface area contributed by atoms with Crippen LogP contribution < -0.4 is 15.6 Å². The topological polar surface area (TPSA) is 145 Å². The molecule has 102 valence electrons. The van der Waals surface area contributed by atoms with Crippen molar-refractivity contribution in [2.75, 3.05) is 18.0 Å². The van der Waals surface area contributed by atoms with E-state index < -0.39 is 20.0 Å². The van der Waals surface area contributed by atoms with Gasteiger partial charge >= 0.3 is 0 Å². The highest BCUT2D eigenvalue weighted by atomic mass is 32.2. The number of nitrogens with zero attached hydrogens (tertiary/aromatic N) is 1. The quantitative estimate of drug-likeness (QED) is 0.551. The van der Waals surface area contributed by atoms with Gasteiger partial charge in [-0.3, -0.25) is 0 Å². The van der Waals surface area contributed by atoms with Crippen LogP contribution in [-0.2, 0) is 20.0 Å². The van der Waals surface area contributed by atoms with Crippen LogP contribution in [0.1, 0.15) is 6.42 Å². The van der Waals surface area contributed by atoms with Crippen LogP contribution in [0.15, 0.2) is 23.4 Å². The van der Waals surface area contributed by atoms with Crippen LogP contribution in [0.25, 0.3) is 0 Å². The minimum atomic E-state index is -3.83. The van der Waals surface area contributed by atoms with Crippen molar-refractivity contribution in [1.82, 2.24) is 9.71 Å². The standard InChI is InChI=1S/C8H14N4O4S2/c9-7-3-1-4-11-8(7)18(15,16)12-5-2-6-17(10,13)14/h1,3-4,12H,2,5-6,9H2,(H2,10,13,14). The number of nitrogens with one attached hydrogen (secondary N) is 1. The van der Waals surface area contributed by atoms with E-state index >= 15 is 0 Å². The molecular formula is C8H14N4O4S2. The molecule has 10 heteroatoms. The van der Waals surface area contributed by atoms with Crippen molar-refractivity contribution >= 4 is 25.7 Å². The van der Waals surface area contributed by atoms with Crippen LogP contribution in [0.4, 0.5) is 5.69 Å². The molecular weight excluding hydrogens is 280 g/mol. The van der Waals surface area contributed by atoms with E-state index in [1.807, 2.05) is 0 Å². The summed E-state index contributed by atoms with van der Waals surface area (Å²) in [7, 11) is -7.42. The number of nitrogen functional groups attached to an aromatic ring is 1. The summed E-state index contributed by atoms with van der Waals surface area (Å²) in [6, 6.07) is 2.92. The van der Waals surface area contributed by atoms with Crippen molar-refractivity contribution in [2.24, 2.45) is 5.14 Å². The SMILES string of the molecule is Nc1cccnc1S(=O)(=O)NCCCS(N)(=O)=O. The molecule has 18 heavy (non-hydrogen) atoms. The highest BCUT2D eigenvalue weighted by molar-refractivity contribution is 7.89. The summed E-state index contributed by atoms with van der Waals surface area (Å²) in [6.45, 7) is -0.0607. The normalized spacial score (nSPS) is 12.5. The van der Waals surface area contributed by atoms with E-state index in [9.17, 15) is 16.8 Å². The van der Waals surface area contributed by atoms with Crippen molar-refractivity contribution in [3.05, 3.63) is 18.3 Å². The van der Waals surface area contributed by atoms with Crippen LogP contribution >= 0.6 is 0 Å². The average Bonchev–Trinajstić information content (AvgIpc) is 2.24. The van der Waals surface area contributed by atoms with E-state index in [1.165, 1.54) is 18.3 Å². The van der Waals surface area contributed by atoms with Gasteiger partial charge in [0.2, 0.25) is 10.0 Å². The smallest absolute Gasteiger partial charge is 0.260 e. The molecule has 0 fully saturated rings. The van der Waals surface area contributed by atoms with E-state index in [4.69, 9.17) is 10.9 Å². The van der Waals surface area contributed by atoms with Crippen molar-refractivity contribution in [1.29, 1.82) is 0 Å². The zero-order valence-corrected chi connectivity index (χ0v) is 11.0. The minimum Gasteiger partial charge on any atom is -0.396 e. The fourth-order valence-corrected chi connectivity index (χ4v) is 2.85. The predicted octanol–water partition coefficient (Wildman–Crippen LogP) is -1.38. The molecule has 0 aromatic carbocycles. The fourth-order valence-electron chi connectivity index (χ4n) is 1.18. The van der Waals surface area contributed by atoms with E-state index in [0.717, 1.165) is 0 Å². The first-order valence-corrected chi connectivity index (χ1v) is 8.13. The van der Waals surface area contributed by atoms with Crippen LogP contribution in [0.2, 0.25) is 0 Å². The Morgan fingerprint density at radius 3 is 2.50 bits per heavy atom. The molecule has 0 aliphatic rings. The zero-order valence-electron chi connectivity index (χ0n) is 9.40. The Morgan fingerprint density at radius 2 is 1.94 bits per heavy atom. The Kier molecular flexibility index (Phi) is 4.62. The van der Waals surface area contributed by atoms with Gasteiger partial charge in [0, 0.05) is 12.7 Å². The third kappa shape index (κ3) is 4.56. The number of hydrogen-bond donors (Lipinski definition) is 3. The highest BCUT2D eigenvalue weighted by Crippen LogP contribution is 2.13. The average molecular weight is 294 g/mol. The molecule has 0 aliphatic carbocycles. The Labute approximate surface area is 105 Å². The Hall–Kier alpha value is -1.23. The number of pyridine rings is 1. The Balaban J connectivity index is 2.65. The second-order valence-corrected chi connectivity index (χ2v) is 6.93. The largest absolute Gasteiger partial charge is 0.396 e. The predicted molar refractivity (Wildman–Crippen MR) is 66.4 cm³/mol. The molecule has 0 saturated carbocycles. The summed E-state index contributed by atoms with van der Waals surface area (Å²) < 4.78 is 47.0. The second kappa shape index (κ2) is 5.61. The van der Waals surface area contributed by atoms with Crippen molar-refractivity contribution < 1.29 is 16.8 Å². The molecule has 0 spiro atoms. The lowest BCUT2D eigenvalue weighted by Gasteiger charge is -2.07. The number of primary sulfonamides is 1. The molecule has 0 saturated heterocycles. The van der Waals surface area contributed by atoms with Gasteiger partial charge in [0.25, 0.3) is 10.0 Å². The lowest BCUT2D eigenvalue weighted by molar-refractivity contribution is 0.574. The Bertz CT molecular complexity index is 612. The summed E-state index contributed by atoms with van der Waals surface area (Å²) >= 11 is 0. The molecule has 1 heterocycles. The van der Waals surface area contributed by atoms with E-state index in [0.29, 0.717) is 0 Å². The maximum absolute atomic E-state index is 11.7. The molecule has 1 aromatic rings. The van der Waals surface area contributed by atoms with E-state index in [1.54, 1.807) is 0 Å². The maximum atomic E-state index is 11.7. The van der Waals surface area contributed by atoms with E-state index in [-0.39, 0.29) is 29.4 Å². The molecule has 1 rings (SSSR count).